The summed E-state index contributed by atoms with van der Waals surface area (Å²) >= 11 is 1.62. The Morgan fingerprint density at radius 1 is 1.16 bits per heavy atom. The Labute approximate surface area is 114 Å². The standard InChI is InChI=1S/C15H11NO2S/c17-15-12(9-11-7-4-8-19-11)16-13(14(16)18-15)10-5-2-1-3-6-10/h1-9,13-14H. The van der Waals surface area contributed by atoms with Gasteiger partial charge in [0.15, 0.2) is 0 Å². The first-order chi connectivity index (χ1) is 9.34. The highest BCUT2D eigenvalue weighted by molar-refractivity contribution is 7.10. The van der Waals surface area contributed by atoms with Crippen molar-refractivity contribution in [3.8, 4) is 0 Å². The van der Waals surface area contributed by atoms with E-state index in [4.69, 9.17) is 4.74 Å². The first-order valence-electron chi connectivity index (χ1n) is 6.14. The quantitative estimate of drug-likeness (QED) is 0.477. The zero-order chi connectivity index (χ0) is 12.8. The summed E-state index contributed by atoms with van der Waals surface area (Å²) < 4.78 is 5.39. The zero-order valence-corrected chi connectivity index (χ0v) is 10.8. The zero-order valence-electron chi connectivity index (χ0n) is 10.0. The topological polar surface area (TPSA) is 29.3 Å². The van der Waals surface area contributed by atoms with Crippen LogP contribution in [-0.2, 0) is 9.53 Å². The monoisotopic (exact) mass is 269 g/mol. The summed E-state index contributed by atoms with van der Waals surface area (Å²) in [5, 5.41) is 2.00. The van der Waals surface area contributed by atoms with Gasteiger partial charge in [0.1, 0.15) is 11.7 Å². The van der Waals surface area contributed by atoms with Gasteiger partial charge in [-0.2, -0.15) is 0 Å². The van der Waals surface area contributed by atoms with Crippen LogP contribution in [0.1, 0.15) is 16.5 Å². The van der Waals surface area contributed by atoms with Gasteiger partial charge in [-0.25, -0.2) is 4.79 Å². The summed E-state index contributed by atoms with van der Waals surface area (Å²) in [5.41, 5.74) is 1.86. The number of fused-ring (bicyclic) bond motifs is 1. The summed E-state index contributed by atoms with van der Waals surface area (Å²) in [5.74, 6) is -0.217. The maximum Gasteiger partial charge on any atom is 0.356 e. The highest BCUT2D eigenvalue weighted by atomic mass is 32.1. The summed E-state index contributed by atoms with van der Waals surface area (Å²) in [6.45, 7) is 0. The second kappa shape index (κ2) is 3.96. The van der Waals surface area contributed by atoms with Crippen molar-refractivity contribution >= 4 is 23.4 Å². The molecule has 4 rings (SSSR count). The van der Waals surface area contributed by atoms with Crippen LogP contribution in [0.3, 0.4) is 0 Å². The molecule has 3 nitrogen and oxygen atoms in total. The minimum Gasteiger partial charge on any atom is -0.434 e. The van der Waals surface area contributed by atoms with Crippen LogP contribution in [0.2, 0.25) is 0 Å². The predicted molar refractivity (Wildman–Crippen MR) is 73.2 cm³/mol. The molecule has 0 bridgehead atoms. The van der Waals surface area contributed by atoms with E-state index in [1.54, 1.807) is 11.3 Å². The minimum atomic E-state index is -0.217. The van der Waals surface area contributed by atoms with Crippen molar-refractivity contribution in [1.29, 1.82) is 0 Å². The van der Waals surface area contributed by atoms with Gasteiger partial charge in [0.05, 0.1) is 0 Å². The van der Waals surface area contributed by atoms with Crippen molar-refractivity contribution in [2.45, 2.75) is 12.3 Å². The van der Waals surface area contributed by atoms with E-state index in [1.165, 1.54) is 5.56 Å². The third-order valence-corrected chi connectivity index (χ3v) is 4.25. The first-order valence-corrected chi connectivity index (χ1v) is 7.02. The summed E-state index contributed by atoms with van der Waals surface area (Å²) in [7, 11) is 0. The van der Waals surface area contributed by atoms with Crippen LogP contribution >= 0.6 is 11.3 Å². The number of ether oxygens (including phenoxy) is 1. The summed E-state index contributed by atoms with van der Waals surface area (Å²) in [6.07, 6.45) is 1.80. The fraction of sp³-hybridized carbons (Fsp3) is 0.133. The molecule has 2 atom stereocenters. The lowest BCUT2D eigenvalue weighted by Crippen LogP contribution is -2.08. The maximum atomic E-state index is 11.8. The van der Waals surface area contributed by atoms with E-state index in [0.29, 0.717) is 5.70 Å². The molecule has 2 fully saturated rings. The molecule has 0 N–H and O–H groups in total. The van der Waals surface area contributed by atoms with Crippen LogP contribution in [0.25, 0.3) is 6.08 Å². The first kappa shape index (κ1) is 10.8. The van der Waals surface area contributed by atoms with Crippen LogP contribution in [0.5, 0.6) is 0 Å². The molecule has 1 aromatic heterocycles. The molecule has 3 heterocycles. The molecule has 0 amide bonds. The lowest BCUT2D eigenvalue weighted by atomic mass is 10.1. The van der Waals surface area contributed by atoms with E-state index in [2.05, 4.69) is 12.1 Å². The Morgan fingerprint density at radius 2 is 2.00 bits per heavy atom. The highest BCUT2D eigenvalue weighted by Crippen LogP contribution is 2.52. The number of rotatable bonds is 2. The Hall–Kier alpha value is -2.07. The lowest BCUT2D eigenvalue weighted by molar-refractivity contribution is -0.137. The van der Waals surface area contributed by atoms with Crippen molar-refractivity contribution in [1.82, 2.24) is 4.90 Å². The van der Waals surface area contributed by atoms with Crippen molar-refractivity contribution in [3.63, 3.8) is 0 Å². The molecular weight excluding hydrogens is 258 g/mol. The molecule has 2 aliphatic heterocycles. The maximum absolute atomic E-state index is 11.8. The molecule has 2 unspecified atom stereocenters. The van der Waals surface area contributed by atoms with E-state index in [1.807, 2.05) is 46.7 Å². The van der Waals surface area contributed by atoms with Gasteiger partial charge in [0.2, 0.25) is 6.23 Å². The molecule has 0 radical (unpaired) electrons. The van der Waals surface area contributed by atoms with Crippen molar-refractivity contribution in [2.75, 3.05) is 0 Å². The molecule has 2 aliphatic rings. The van der Waals surface area contributed by atoms with E-state index in [-0.39, 0.29) is 18.2 Å². The number of morpholine rings is 1. The molecule has 2 saturated heterocycles. The number of nitrogens with zero attached hydrogens (tertiary/aromatic N) is 1. The Morgan fingerprint density at radius 3 is 2.74 bits per heavy atom. The smallest absolute Gasteiger partial charge is 0.356 e. The van der Waals surface area contributed by atoms with Crippen LogP contribution in [0.4, 0.5) is 0 Å². The van der Waals surface area contributed by atoms with E-state index < -0.39 is 0 Å². The Balaban J connectivity index is 1.66. The SMILES string of the molecule is O=C1OC2C(c3ccccc3)N2C1=Cc1cccs1. The molecule has 4 heteroatoms. The molecular formula is C15H11NO2S. The average Bonchev–Trinajstić information content (AvgIpc) is 2.78. The molecule has 2 aromatic rings. The van der Waals surface area contributed by atoms with E-state index >= 15 is 0 Å². The van der Waals surface area contributed by atoms with Gasteiger partial charge >= 0.3 is 5.97 Å². The molecule has 1 aromatic carbocycles. The second-order valence-corrected chi connectivity index (χ2v) is 5.58. The van der Waals surface area contributed by atoms with Gasteiger partial charge in [-0.3, -0.25) is 0 Å². The van der Waals surface area contributed by atoms with Gasteiger partial charge in [0, 0.05) is 4.88 Å². The van der Waals surface area contributed by atoms with E-state index in [0.717, 1.165) is 4.88 Å². The summed E-state index contributed by atoms with van der Waals surface area (Å²) in [6, 6.07) is 14.3. The molecule has 0 saturated carbocycles. The second-order valence-electron chi connectivity index (χ2n) is 4.60. The van der Waals surface area contributed by atoms with Gasteiger partial charge in [-0.05, 0) is 23.1 Å². The largest absolute Gasteiger partial charge is 0.434 e. The van der Waals surface area contributed by atoms with Crippen LogP contribution in [-0.4, -0.2) is 17.1 Å². The van der Waals surface area contributed by atoms with Gasteiger partial charge in [0.25, 0.3) is 0 Å². The van der Waals surface area contributed by atoms with Crippen LogP contribution < -0.4 is 0 Å². The Kier molecular flexibility index (Phi) is 2.26. The molecule has 94 valence electrons. The van der Waals surface area contributed by atoms with Crippen molar-refractivity contribution in [2.24, 2.45) is 0 Å². The minimum absolute atomic E-state index is 0.110. The number of esters is 1. The number of thiophene rings is 1. The van der Waals surface area contributed by atoms with E-state index in [9.17, 15) is 4.79 Å². The predicted octanol–water partition coefficient (Wildman–Crippen LogP) is 3.03. The fourth-order valence-corrected chi connectivity index (χ4v) is 3.16. The average molecular weight is 269 g/mol. The summed E-state index contributed by atoms with van der Waals surface area (Å²) in [4.78, 5) is 14.9. The fourth-order valence-electron chi connectivity index (χ4n) is 2.51. The number of hydrogen-bond donors (Lipinski definition) is 0. The highest BCUT2D eigenvalue weighted by Gasteiger charge is 2.59. The number of carbonyl (C=O) groups excluding carboxylic acids is 1. The number of carbonyl (C=O) groups is 1. The molecule has 19 heavy (non-hydrogen) atoms. The van der Waals surface area contributed by atoms with Gasteiger partial charge < -0.3 is 9.64 Å². The van der Waals surface area contributed by atoms with Crippen molar-refractivity contribution in [3.05, 3.63) is 64.0 Å². The van der Waals surface area contributed by atoms with Gasteiger partial charge in [-0.1, -0.05) is 36.4 Å². The molecule has 0 spiro atoms. The Bertz CT molecular complexity index is 648. The number of benzene rings is 1. The van der Waals surface area contributed by atoms with Crippen LogP contribution in [0.15, 0.2) is 53.5 Å². The van der Waals surface area contributed by atoms with Crippen LogP contribution in [0, 0.1) is 0 Å². The van der Waals surface area contributed by atoms with Gasteiger partial charge in [-0.15, -0.1) is 11.3 Å². The third kappa shape index (κ3) is 1.68. The lowest BCUT2D eigenvalue weighted by Gasteiger charge is -2.05. The molecule has 0 aliphatic carbocycles. The van der Waals surface area contributed by atoms with Crippen molar-refractivity contribution < 1.29 is 9.53 Å². The third-order valence-electron chi connectivity index (χ3n) is 3.43. The normalized spacial score (nSPS) is 26.4. The number of hydrogen-bond acceptors (Lipinski definition) is 4.